The van der Waals surface area contributed by atoms with Gasteiger partial charge in [0.25, 0.3) is 5.91 Å². The van der Waals surface area contributed by atoms with E-state index in [2.05, 4.69) is 15.9 Å². The highest BCUT2D eigenvalue weighted by Crippen LogP contribution is 2.27. The maximum atomic E-state index is 14.5. The molecule has 2 N–H and O–H groups in total. The Labute approximate surface area is 137 Å². The van der Waals surface area contributed by atoms with E-state index in [1.54, 1.807) is 4.90 Å². The molecule has 0 bridgehead atoms. The fraction of sp³-hybridized carbons (Fsp3) is 0.500. The van der Waals surface area contributed by atoms with Gasteiger partial charge in [-0.3, -0.25) is 4.79 Å². The first-order chi connectivity index (χ1) is 10.3. The average molecular weight is 393 g/mol. The minimum atomic E-state index is -3.76. The summed E-state index contributed by atoms with van der Waals surface area (Å²) in [6.07, 6.45) is 3.49. The molecule has 0 saturated carbocycles. The van der Waals surface area contributed by atoms with Gasteiger partial charge in [0.05, 0.1) is 5.56 Å². The van der Waals surface area contributed by atoms with Gasteiger partial charge in [0, 0.05) is 29.9 Å². The largest absolute Gasteiger partial charge is 0.334 e. The van der Waals surface area contributed by atoms with Gasteiger partial charge in [-0.1, -0.05) is 15.9 Å². The summed E-state index contributed by atoms with van der Waals surface area (Å²) in [5.74, 6) is -1.52. The number of rotatable bonds is 3. The van der Waals surface area contributed by atoms with Crippen LogP contribution in [0, 0.1) is 5.82 Å². The molecule has 1 heterocycles. The minimum absolute atomic E-state index is 0.138. The monoisotopic (exact) mass is 392 g/mol. The predicted molar refractivity (Wildman–Crippen MR) is 84.9 cm³/mol. The van der Waals surface area contributed by atoms with Crippen molar-refractivity contribution in [3.8, 4) is 0 Å². The number of likely N-dealkylation sites (tertiary alicyclic amines) is 1. The van der Waals surface area contributed by atoms with E-state index in [0.29, 0.717) is 17.6 Å². The van der Waals surface area contributed by atoms with Crippen LogP contribution in [-0.4, -0.2) is 44.6 Å². The molecule has 0 radical (unpaired) electrons. The number of nitrogens with two attached hydrogens (primary N) is 1. The number of halogens is 2. The Balaban J connectivity index is 2.48. The van der Waals surface area contributed by atoms with E-state index in [1.165, 1.54) is 6.07 Å². The van der Waals surface area contributed by atoms with E-state index in [0.717, 1.165) is 31.6 Å². The quantitative estimate of drug-likeness (QED) is 0.851. The first kappa shape index (κ1) is 17.4. The molecule has 0 spiro atoms. The molecule has 1 amide bonds. The molecule has 0 aromatic heterocycles. The van der Waals surface area contributed by atoms with Gasteiger partial charge in [-0.15, -0.1) is 0 Å². The first-order valence-corrected chi connectivity index (χ1v) is 9.64. The standard InChI is InChI=1S/C14H18BrFN2O3S/c1-22(20,21)12-7-9(15)6-11(13(12)16)14(19)18-5-3-2-4-10(18)8-17/h6-7,10H,2-5,8,17H2,1H3. The summed E-state index contributed by atoms with van der Waals surface area (Å²) in [7, 11) is -3.76. The number of nitrogens with zero attached hydrogens (tertiary/aromatic N) is 1. The van der Waals surface area contributed by atoms with Crippen molar-refractivity contribution in [2.45, 2.75) is 30.2 Å². The molecule has 1 aromatic rings. The first-order valence-electron chi connectivity index (χ1n) is 6.96. The summed E-state index contributed by atoms with van der Waals surface area (Å²) in [4.78, 5) is 13.7. The Morgan fingerprint density at radius 3 is 2.73 bits per heavy atom. The van der Waals surface area contributed by atoms with Gasteiger partial charge in [0.2, 0.25) is 0 Å². The van der Waals surface area contributed by atoms with E-state index in [1.807, 2.05) is 0 Å². The third kappa shape index (κ3) is 3.49. The van der Waals surface area contributed by atoms with Crippen molar-refractivity contribution < 1.29 is 17.6 Å². The highest BCUT2D eigenvalue weighted by Gasteiger charge is 2.30. The summed E-state index contributed by atoms with van der Waals surface area (Å²) in [6, 6.07) is 2.34. The molecule has 1 fully saturated rings. The minimum Gasteiger partial charge on any atom is -0.334 e. The van der Waals surface area contributed by atoms with Crippen LogP contribution in [0.25, 0.3) is 0 Å². The molecule has 22 heavy (non-hydrogen) atoms. The van der Waals surface area contributed by atoms with Gasteiger partial charge in [-0.05, 0) is 31.4 Å². The lowest BCUT2D eigenvalue weighted by molar-refractivity contribution is 0.0618. The van der Waals surface area contributed by atoms with Gasteiger partial charge in [0.15, 0.2) is 15.7 Å². The zero-order valence-electron chi connectivity index (χ0n) is 12.2. The lowest BCUT2D eigenvalue weighted by Gasteiger charge is -2.35. The van der Waals surface area contributed by atoms with Crippen molar-refractivity contribution in [3.63, 3.8) is 0 Å². The van der Waals surface area contributed by atoms with Crippen LogP contribution in [0.1, 0.15) is 29.6 Å². The summed E-state index contributed by atoms with van der Waals surface area (Å²) < 4.78 is 38.2. The number of sulfone groups is 1. The van der Waals surface area contributed by atoms with Gasteiger partial charge in [-0.2, -0.15) is 0 Å². The van der Waals surface area contributed by atoms with Crippen molar-refractivity contribution in [3.05, 3.63) is 28.0 Å². The highest BCUT2D eigenvalue weighted by atomic mass is 79.9. The van der Waals surface area contributed by atoms with Crippen LogP contribution in [0.15, 0.2) is 21.5 Å². The Bertz CT molecular complexity index is 694. The second-order valence-corrected chi connectivity index (χ2v) is 8.32. The lowest BCUT2D eigenvalue weighted by atomic mass is 10.0. The number of benzene rings is 1. The smallest absolute Gasteiger partial charge is 0.257 e. The third-order valence-electron chi connectivity index (χ3n) is 3.79. The average Bonchev–Trinajstić information content (AvgIpc) is 2.47. The Morgan fingerprint density at radius 2 is 2.14 bits per heavy atom. The number of carbonyl (C=O) groups is 1. The molecular weight excluding hydrogens is 375 g/mol. The number of carbonyl (C=O) groups excluding carboxylic acids is 1. The van der Waals surface area contributed by atoms with Crippen LogP contribution < -0.4 is 5.73 Å². The maximum absolute atomic E-state index is 14.5. The number of hydrogen-bond donors (Lipinski definition) is 1. The highest BCUT2D eigenvalue weighted by molar-refractivity contribution is 9.10. The van der Waals surface area contributed by atoms with Crippen LogP contribution >= 0.6 is 15.9 Å². The fourth-order valence-electron chi connectivity index (χ4n) is 2.66. The van der Waals surface area contributed by atoms with Crippen LogP contribution in [-0.2, 0) is 9.84 Å². The van der Waals surface area contributed by atoms with Crippen LogP contribution in [0.5, 0.6) is 0 Å². The molecule has 0 aliphatic carbocycles. The van der Waals surface area contributed by atoms with Gasteiger partial charge in [0.1, 0.15) is 4.90 Å². The molecular formula is C14H18BrFN2O3S. The molecule has 1 aliphatic rings. The van der Waals surface area contributed by atoms with Crippen molar-refractivity contribution in [2.24, 2.45) is 5.73 Å². The van der Waals surface area contributed by atoms with Gasteiger partial charge >= 0.3 is 0 Å². The topological polar surface area (TPSA) is 80.5 Å². The Hall–Kier alpha value is -0.990. The van der Waals surface area contributed by atoms with E-state index in [-0.39, 0.29) is 11.6 Å². The van der Waals surface area contributed by atoms with E-state index in [9.17, 15) is 17.6 Å². The maximum Gasteiger partial charge on any atom is 0.257 e. The van der Waals surface area contributed by atoms with Crippen molar-refractivity contribution in [1.29, 1.82) is 0 Å². The van der Waals surface area contributed by atoms with E-state index in [4.69, 9.17) is 5.73 Å². The third-order valence-corrected chi connectivity index (χ3v) is 5.35. The summed E-state index contributed by atoms with van der Waals surface area (Å²) in [5.41, 5.74) is 5.44. The molecule has 1 unspecified atom stereocenters. The molecule has 2 rings (SSSR count). The SMILES string of the molecule is CS(=O)(=O)c1cc(Br)cc(C(=O)N2CCCCC2CN)c1F. The van der Waals surface area contributed by atoms with E-state index < -0.39 is 26.5 Å². The predicted octanol–water partition coefficient (Wildman–Crippen LogP) is 1.95. The summed E-state index contributed by atoms with van der Waals surface area (Å²) in [6.45, 7) is 0.807. The number of piperidine rings is 1. The Kier molecular flexibility index (Phi) is 5.24. The lowest BCUT2D eigenvalue weighted by Crippen LogP contribution is -2.47. The zero-order valence-corrected chi connectivity index (χ0v) is 14.6. The van der Waals surface area contributed by atoms with Crippen molar-refractivity contribution >= 4 is 31.7 Å². The number of hydrogen-bond acceptors (Lipinski definition) is 4. The van der Waals surface area contributed by atoms with Crippen molar-refractivity contribution in [2.75, 3.05) is 19.3 Å². The second kappa shape index (κ2) is 6.64. The van der Waals surface area contributed by atoms with Gasteiger partial charge in [-0.25, -0.2) is 12.8 Å². The molecule has 1 aliphatic heterocycles. The summed E-state index contributed by atoms with van der Waals surface area (Å²) >= 11 is 3.14. The molecule has 1 aromatic carbocycles. The molecule has 8 heteroatoms. The fourth-order valence-corrected chi connectivity index (χ4v) is 4.04. The van der Waals surface area contributed by atoms with Crippen LogP contribution in [0.4, 0.5) is 4.39 Å². The van der Waals surface area contributed by atoms with Gasteiger partial charge < -0.3 is 10.6 Å². The summed E-state index contributed by atoms with van der Waals surface area (Å²) in [5, 5.41) is 0. The molecule has 1 saturated heterocycles. The normalized spacial score (nSPS) is 19.3. The zero-order chi connectivity index (χ0) is 16.5. The number of amides is 1. The Morgan fingerprint density at radius 1 is 1.45 bits per heavy atom. The molecule has 5 nitrogen and oxygen atoms in total. The van der Waals surface area contributed by atoms with Crippen LogP contribution in [0.2, 0.25) is 0 Å². The van der Waals surface area contributed by atoms with Crippen LogP contribution in [0.3, 0.4) is 0 Å². The second-order valence-electron chi connectivity index (χ2n) is 5.42. The van der Waals surface area contributed by atoms with E-state index >= 15 is 0 Å². The van der Waals surface area contributed by atoms with Crippen molar-refractivity contribution in [1.82, 2.24) is 4.90 Å². The molecule has 122 valence electrons. The molecule has 1 atom stereocenters.